The summed E-state index contributed by atoms with van der Waals surface area (Å²) in [4.78, 5) is 0. The number of rotatable bonds is 3. The van der Waals surface area contributed by atoms with Crippen molar-refractivity contribution in [1.82, 2.24) is 0 Å². The van der Waals surface area contributed by atoms with Gasteiger partial charge in [-0.3, -0.25) is 0 Å². The van der Waals surface area contributed by atoms with Crippen molar-refractivity contribution < 1.29 is 4.74 Å². The van der Waals surface area contributed by atoms with Gasteiger partial charge in [0.2, 0.25) is 0 Å². The normalized spacial score (nSPS) is 12.3. The quantitative estimate of drug-likeness (QED) is 0.581. The molecule has 0 aromatic heterocycles. The van der Waals surface area contributed by atoms with Crippen molar-refractivity contribution in [3.8, 4) is 5.75 Å². The van der Waals surface area contributed by atoms with Crippen molar-refractivity contribution in [3.05, 3.63) is 77.4 Å². The van der Waals surface area contributed by atoms with Crippen molar-refractivity contribution in [3.63, 3.8) is 0 Å². The van der Waals surface area contributed by atoms with Crippen LogP contribution < -0.4 is 4.74 Å². The minimum atomic E-state index is -0.165. The van der Waals surface area contributed by atoms with E-state index in [-0.39, 0.29) is 5.38 Å². The van der Waals surface area contributed by atoms with Crippen LogP contribution in [0.3, 0.4) is 0 Å². The first-order valence-corrected chi connectivity index (χ1v) is 7.41. The average molecular weight is 297 g/mol. The molecule has 3 aromatic rings. The topological polar surface area (TPSA) is 9.23 Å². The molecular formula is C19H17ClO. The molecule has 1 nitrogen and oxygen atoms in total. The van der Waals surface area contributed by atoms with Crippen LogP contribution in [-0.4, -0.2) is 7.11 Å². The molecule has 0 spiro atoms. The van der Waals surface area contributed by atoms with Crippen LogP contribution in [0.5, 0.6) is 5.75 Å². The molecule has 0 aliphatic carbocycles. The summed E-state index contributed by atoms with van der Waals surface area (Å²) in [5, 5.41) is 2.07. The lowest BCUT2D eigenvalue weighted by molar-refractivity contribution is 0.419. The van der Waals surface area contributed by atoms with Gasteiger partial charge in [-0.1, -0.05) is 54.6 Å². The molecule has 0 radical (unpaired) electrons. The van der Waals surface area contributed by atoms with Crippen molar-refractivity contribution in [2.24, 2.45) is 0 Å². The summed E-state index contributed by atoms with van der Waals surface area (Å²) in [6, 6.07) is 20.5. The Morgan fingerprint density at radius 3 is 2.19 bits per heavy atom. The van der Waals surface area contributed by atoms with Gasteiger partial charge in [-0.15, -0.1) is 11.6 Å². The Kier molecular flexibility index (Phi) is 3.85. The first kappa shape index (κ1) is 14.0. The Hall–Kier alpha value is -1.99. The van der Waals surface area contributed by atoms with Crippen molar-refractivity contribution in [2.45, 2.75) is 12.3 Å². The lowest BCUT2D eigenvalue weighted by Gasteiger charge is -2.17. The van der Waals surface area contributed by atoms with Gasteiger partial charge in [-0.05, 0) is 35.1 Å². The van der Waals surface area contributed by atoms with E-state index in [0.717, 1.165) is 27.6 Å². The number of benzene rings is 3. The van der Waals surface area contributed by atoms with Crippen LogP contribution in [0.25, 0.3) is 10.8 Å². The first-order chi connectivity index (χ1) is 10.2. The summed E-state index contributed by atoms with van der Waals surface area (Å²) in [6.07, 6.45) is 0. The summed E-state index contributed by atoms with van der Waals surface area (Å²) < 4.78 is 5.45. The zero-order chi connectivity index (χ0) is 14.8. The standard InChI is InChI=1S/C19H17ClO/c1-13-7-3-4-8-14(13)19(20)17-11-12-18(21-2)16-10-6-5-9-15(16)17/h3-12,19H,1-2H3. The van der Waals surface area contributed by atoms with Crippen LogP contribution in [0.1, 0.15) is 22.1 Å². The number of hydrogen-bond donors (Lipinski definition) is 0. The Morgan fingerprint density at radius 1 is 0.810 bits per heavy atom. The van der Waals surface area contributed by atoms with E-state index in [4.69, 9.17) is 16.3 Å². The highest BCUT2D eigenvalue weighted by molar-refractivity contribution is 6.23. The number of ether oxygens (including phenoxy) is 1. The molecule has 1 atom stereocenters. The van der Waals surface area contributed by atoms with Crippen LogP contribution in [0.2, 0.25) is 0 Å². The molecule has 0 saturated carbocycles. The van der Waals surface area contributed by atoms with Gasteiger partial charge >= 0.3 is 0 Å². The molecule has 0 N–H and O–H groups in total. The summed E-state index contributed by atoms with van der Waals surface area (Å²) in [5.74, 6) is 0.878. The molecule has 3 aromatic carbocycles. The number of aryl methyl sites for hydroxylation is 1. The molecule has 0 fully saturated rings. The SMILES string of the molecule is COc1ccc(C(Cl)c2ccccc2C)c2ccccc12. The Labute approximate surface area is 130 Å². The van der Waals surface area contributed by atoms with E-state index in [1.54, 1.807) is 7.11 Å². The monoisotopic (exact) mass is 296 g/mol. The lowest BCUT2D eigenvalue weighted by Crippen LogP contribution is -1.98. The second-order valence-electron chi connectivity index (χ2n) is 5.12. The molecule has 0 heterocycles. The molecule has 0 aliphatic heterocycles. The van der Waals surface area contributed by atoms with Crippen LogP contribution in [0.15, 0.2) is 60.7 Å². The fourth-order valence-corrected chi connectivity index (χ4v) is 3.17. The largest absolute Gasteiger partial charge is 0.496 e. The predicted octanol–water partition coefficient (Wildman–Crippen LogP) is 5.49. The van der Waals surface area contributed by atoms with Crippen LogP contribution >= 0.6 is 11.6 Å². The molecule has 3 rings (SSSR count). The summed E-state index contributed by atoms with van der Waals surface area (Å²) in [5.41, 5.74) is 3.47. The summed E-state index contributed by atoms with van der Waals surface area (Å²) >= 11 is 6.77. The summed E-state index contributed by atoms with van der Waals surface area (Å²) in [7, 11) is 1.70. The maximum atomic E-state index is 6.77. The third-order valence-corrected chi connectivity index (χ3v) is 4.34. The Bertz CT molecular complexity index is 779. The van der Waals surface area contributed by atoms with Crippen molar-refractivity contribution >= 4 is 22.4 Å². The number of hydrogen-bond acceptors (Lipinski definition) is 1. The van der Waals surface area contributed by atoms with E-state index in [1.165, 1.54) is 5.56 Å². The number of methoxy groups -OCH3 is 1. The third kappa shape index (κ3) is 2.50. The number of alkyl halides is 1. The molecule has 0 bridgehead atoms. The third-order valence-electron chi connectivity index (χ3n) is 3.87. The molecule has 21 heavy (non-hydrogen) atoms. The fourth-order valence-electron chi connectivity index (χ4n) is 2.73. The number of halogens is 1. The average Bonchev–Trinajstić information content (AvgIpc) is 2.53. The minimum Gasteiger partial charge on any atom is -0.496 e. The maximum absolute atomic E-state index is 6.77. The molecule has 2 heteroatoms. The molecule has 106 valence electrons. The van der Waals surface area contributed by atoms with Crippen LogP contribution in [0.4, 0.5) is 0 Å². The highest BCUT2D eigenvalue weighted by Gasteiger charge is 2.16. The fraction of sp³-hybridized carbons (Fsp3) is 0.158. The van der Waals surface area contributed by atoms with Crippen molar-refractivity contribution in [1.29, 1.82) is 0 Å². The van der Waals surface area contributed by atoms with Crippen LogP contribution in [0, 0.1) is 6.92 Å². The highest BCUT2D eigenvalue weighted by atomic mass is 35.5. The second-order valence-corrected chi connectivity index (χ2v) is 5.56. The van der Waals surface area contributed by atoms with E-state index in [1.807, 2.05) is 30.3 Å². The molecule has 0 aliphatic rings. The van der Waals surface area contributed by atoms with E-state index < -0.39 is 0 Å². The lowest BCUT2D eigenvalue weighted by atomic mass is 9.95. The van der Waals surface area contributed by atoms with Gasteiger partial charge in [0.1, 0.15) is 5.75 Å². The van der Waals surface area contributed by atoms with Gasteiger partial charge in [-0.2, -0.15) is 0 Å². The first-order valence-electron chi connectivity index (χ1n) is 6.97. The minimum absolute atomic E-state index is 0.165. The molecule has 1 unspecified atom stereocenters. The van der Waals surface area contributed by atoms with E-state index >= 15 is 0 Å². The van der Waals surface area contributed by atoms with Gasteiger partial charge in [0.25, 0.3) is 0 Å². The molecular weight excluding hydrogens is 280 g/mol. The zero-order valence-corrected chi connectivity index (χ0v) is 12.9. The van der Waals surface area contributed by atoms with Gasteiger partial charge in [0, 0.05) is 5.39 Å². The van der Waals surface area contributed by atoms with Crippen LogP contribution in [-0.2, 0) is 0 Å². The van der Waals surface area contributed by atoms with Gasteiger partial charge < -0.3 is 4.74 Å². The smallest absolute Gasteiger partial charge is 0.126 e. The van der Waals surface area contributed by atoms with E-state index in [9.17, 15) is 0 Å². The molecule has 0 amide bonds. The van der Waals surface area contributed by atoms with Crippen molar-refractivity contribution in [2.75, 3.05) is 7.11 Å². The highest BCUT2D eigenvalue weighted by Crippen LogP contribution is 2.38. The predicted molar refractivity (Wildman–Crippen MR) is 89.4 cm³/mol. The number of fused-ring (bicyclic) bond motifs is 1. The zero-order valence-electron chi connectivity index (χ0n) is 12.1. The van der Waals surface area contributed by atoms with Gasteiger partial charge in [-0.25, -0.2) is 0 Å². The Morgan fingerprint density at radius 2 is 1.48 bits per heavy atom. The Balaban J connectivity index is 2.19. The second kappa shape index (κ2) is 5.79. The summed E-state index contributed by atoms with van der Waals surface area (Å²) in [6.45, 7) is 2.09. The molecule has 0 saturated heterocycles. The maximum Gasteiger partial charge on any atom is 0.126 e. The van der Waals surface area contributed by atoms with E-state index in [2.05, 4.69) is 37.3 Å². The van der Waals surface area contributed by atoms with Gasteiger partial charge in [0.05, 0.1) is 12.5 Å². The van der Waals surface area contributed by atoms with Gasteiger partial charge in [0.15, 0.2) is 0 Å². The van der Waals surface area contributed by atoms with E-state index in [0.29, 0.717) is 0 Å².